The molecule has 30 heavy (non-hydrogen) atoms. The molecule has 1 aliphatic rings. The molecule has 0 aromatic heterocycles. The standard InChI is InChI=1S/C22H30F3NO4/c1-6-17(20(28)29-5)30-19(27)14-7-9-15(10-8-14)26-16-11-12-21(3,4)18(13(16)2)22(23,24)25/h7-10,13,16-18,26H,6,11-12H2,1-5H3. The number of ether oxygens (including phenoxy) is 2. The summed E-state index contributed by atoms with van der Waals surface area (Å²) in [7, 11) is 1.22. The molecule has 2 rings (SSSR count). The highest BCUT2D eigenvalue weighted by atomic mass is 19.4. The largest absolute Gasteiger partial charge is 0.466 e. The second-order valence-electron chi connectivity index (χ2n) is 8.56. The first-order valence-corrected chi connectivity index (χ1v) is 10.1. The molecule has 5 nitrogen and oxygen atoms in total. The smallest absolute Gasteiger partial charge is 0.392 e. The zero-order chi connectivity index (χ0) is 22.7. The lowest BCUT2D eigenvalue weighted by Crippen LogP contribution is -2.50. The number of esters is 2. The van der Waals surface area contributed by atoms with E-state index in [1.807, 2.05) is 0 Å². The molecule has 1 saturated carbocycles. The summed E-state index contributed by atoms with van der Waals surface area (Å²) in [5, 5.41) is 3.19. The van der Waals surface area contributed by atoms with Gasteiger partial charge in [0.05, 0.1) is 18.6 Å². The van der Waals surface area contributed by atoms with Gasteiger partial charge in [0.2, 0.25) is 0 Å². The van der Waals surface area contributed by atoms with Gasteiger partial charge < -0.3 is 14.8 Å². The lowest BCUT2D eigenvalue weighted by atomic mass is 9.62. The molecule has 1 aromatic rings. The first-order chi connectivity index (χ1) is 13.9. The maximum absolute atomic E-state index is 13.6. The highest BCUT2D eigenvalue weighted by Gasteiger charge is 2.55. The van der Waals surface area contributed by atoms with Gasteiger partial charge in [-0.3, -0.25) is 0 Å². The van der Waals surface area contributed by atoms with E-state index in [0.29, 0.717) is 18.5 Å². The number of methoxy groups -OCH3 is 1. The highest BCUT2D eigenvalue weighted by Crippen LogP contribution is 2.52. The molecular formula is C22H30F3NO4. The fourth-order valence-electron chi connectivity index (χ4n) is 4.38. The molecule has 0 aliphatic heterocycles. The van der Waals surface area contributed by atoms with Crippen LogP contribution in [0.25, 0.3) is 0 Å². The number of hydrogen-bond acceptors (Lipinski definition) is 5. The van der Waals surface area contributed by atoms with Gasteiger partial charge in [-0.1, -0.05) is 27.7 Å². The summed E-state index contributed by atoms with van der Waals surface area (Å²) in [6, 6.07) is 5.97. The van der Waals surface area contributed by atoms with Crippen LogP contribution in [-0.4, -0.2) is 37.4 Å². The van der Waals surface area contributed by atoms with Gasteiger partial charge in [-0.15, -0.1) is 0 Å². The first kappa shape index (κ1) is 24.0. The van der Waals surface area contributed by atoms with Gasteiger partial charge >= 0.3 is 18.1 Å². The lowest BCUT2D eigenvalue weighted by Gasteiger charge is -2.47. The molecule has 1 aromatic carbocycles. The van der Waals surface area contributed by atoms with E-state index in [0.717, 1.165) is 0 Å². The Morgan fingerprint density at radius 1 is 1.23 bits per heavy atom. The minimum absolute atomic E-state index is 0.244. The molecule has 0 radical (unpaired) electrons. The fourth-order valence-corrected chi connectivity index (χ4v) is 4.38. The summed E-state index contributed by atoms with van der Waals surface area (Å²) in [5.74, 6) is -3.28. The molecule has 4 unspecified atom stereocenters. The maximum atomic E-state index is 13.6. The lowest BCUT2D eigenvalue weighted by molar-refractivity contribution is -0.227. The molecule has 0 bridgehead atoms. The van der Waals surface area contributed by atoms with Crippen molar-refractivity contribution in [1.29, 1.82) is 0 Å². The van der Waals surface area contributed by atoms with Gasteiger partial charge in [0.25, 0.3) is 0 Å². The third-order valence-electron chi connectivity index (χ3n) is 6.01. The van der Waals surface area contributed by atoms with Crippen LogP contribution >= 0.6 is 0 Å². The van der Waals surface area contributed by atoms with Crippen molar-refractivity contribution in [2.24, 2.45) is 17.3 Å². The average molecular weight is 429 g/mol. The van der Waals surface area contributed by atoms with Crippen LogP contribution in [0.3, 0.4) is 0 Å². The van der Waals surface area contributed by atoms with Crippen LogP contribution in [-0.2, 0) is 14.3 Å². The van der Waals surface area contributed by atoms with Gasteiger partial charge in [0.1, 0.15) is 0 Å². The number of hydrogen-bond donors (Lipinski definition) is 1. The van der Waals surface area contributed by atoms with Crippen molar-refractivity contribution in [3.63, 3.8) is 0 Å². The summed E-state index contributed by atoms with van der Waals surface area (Å²) < 4.78 is 50.7. The monoisotopic (exact) mass is 429 g/mol. The van der Waals surface area contributed by atoms with Gasteiger partial charge in [0, 0.05) is 11.7 Å². The highest BCUT2D eigenvalue weighted by molar-refractivity contribution is 5.91. The Kier molecular flexibility index (Phi) is 7.42. The van der Waals surface area contributed by atoms with Crippen LogP contribution in [0.4, 0.5) is 18.9 Å². The van der Waals surface area contributed by atoms with E-state index in [9.17, 15) is 22.8 Å². The normalized spacial score (nSPS) is 24.6. The van der Waals surface area contributed by atoms with E-state index in [1.54, 1.807) is 39.8 Å². The molecule has 0 amide bonds. The predicted octanol–water partition coefficient (Wildman–Crippen LogP) is 5.21. The summed E-state index contributed by atoms with van der Waals surface area (Å²) in [6.07, 6.45) is -3.86. The van der Waals surface area contributed by atoms with Crippen molar-refractivity contribution < 1.29 is 32.2 Å². The molecule has 4 atom stereocenters. The number of rotatable bonds is 6. The van der Waals surface area contributed by atoms with Crippen molar-refractivity contribution >= 4 is 17.6 Å². The predicted molar refractivity (Wildman–Crippen MR) is 107 cm³/mol. The van der Waals surface area contributed by atoms with Crippen molar-refractivity contribution in [2.75, 3.05) is 12.4 Å². The van der Waals surface area contributed by atoms with Crippen molar-refractivity contribution in [3.8, 4) is 0 Å². The Labute approximate surface area is 175 Å². The first-order valence-electron chi connectivity index (χ1n) is 10.1. The minimum atomic E-state index is -4.26. The molecule has 8 heteroatoms. The SMILES string of the molecule is CCC(OC(=O)c1ccc(NC2CCC(C)(C)C(C(F)(F)F)C2C)cc1)C(=O)OC. The van der Waals surface area contributed by atoms with E-state index in [1.165, 1.54) is 19.2 Å². The number of anilines is 1. The topological polar surface area (TPSA) is 64.6 Å². The van der Waals surface area contributed by atoms with Crippen molar-refractivity contribution in [2.45, 2.75) is 65.3 Å². The molecule has 0 spiro atoms. The van der Waals surface area contributed by atoms with Crippen LogP contribution in [0, 0.1) is 17.3 Å². The molecule has 0 heterocycles. The summed E-state index contributed by atoms with van der Waals surface area (Å²) in [4.78, 5) is 23.8. The molecule has 1 N–H and O–H groups in total. The van der Waals surface area contributed by atoms with Crippen molar-refractivity contribution in [3.05, 3.63) is 29.8 Å². The van der Waals surface area contributed by atoms with Crippen LogP contribution in [0.2, 0.25) is 0 Å². The molecular weight excluding hydrogens is 399 g/mol. The Morgan fingerprint density at radius 2 is 1.83 bits per heavy atom. The van der Waals surface area contributed by atoms with Crippen LogP contribution in [0.5, 0.6) is 0 Å². The van der Waals surface area contributed by atoms with E-state index >= 15 is 0 Å². The molecule has 0 saturated heterocycles. The summed E-state index contributed by atoms with van der Waals surface area (Å²) >= 11 is 0. The Morgan fingerprint density at radius 3 is 2.33 bits per heavy atom. The van der Waals surface area contributed by atoms with E-state index in [-0.39, 0.29) is 18.0 Å². The third-order valence-corrected chi connectivity index (χ3v) is 6.01. The van der Waals surface area contributed by atoms with Crippen LogP contribution in [0.15, 0.2) is 24.3 Å². The number of nitrogens with one attached hydrogen (secondary N) is 1. The third kappa shape index (κ3) is 5.46. The Balaban J connectivity index is 2.07. The number of halogens is 3. The number of carbonyl (C=O) groups excluding carboxylic acids is 2. The number of alkyl halides is 3. The number of carbonyl (C=O) groups is 2. The molecule has 1 fully saturated rings. The molecule has 168 valence electrons. The van der Waals surface area contributed by atoms with Crippen LogP contribution < -0.4 is 5.32 Å². The second kappa shape index (κ2) is 9.27. The average Bonchev–Trinajstić information content (AvgIpc) is 2.66. The quantitative estimate of drug-likeness (QED) is 0.629. The van der Waals surface area contributed by atoms with E-state index in [4.69, 9.17) is 4.74 Å². The maximum Gasteiger partial charge on any atom is 0.392 e. The van der Waals surface area contributed by atoms with E-state index < -0.39 is 41.5 Å². The molecule has 1 aliphatic carbocycles. The second-order valence-corrected chi connectivity index (χ2v) is 8.56. The Hall–Kier alpha value is -2.25. The van der Waals surface area contributed by atoms with Gasteiger partial charge in [0.15, 0.2) is 6.10 Å². The summed E-state index contributed by atoms with van der Waals surface area (Å²) in [6.45, 7) is 6.69. The fraction of sp³-hybridized carbons (Fsp3) is 0.636. The summed E-state index contributed by atoms with van der Waals surface area (Å²) in [5.41, 5.74) is 0.0665. The van der Waals surface area contributed by atoms with Crippen LogP contribution in [0.1, 0.15) is 57.3 Å². The van der Waals surface area contributed by atoms with Gasteiger partial charge in [-0.25, -0.2) is 9.59 Å². The van der Waals surface area contributed by atoms with E-state index in [2.05, 4.69) is 10.1 Å². The zero-order valence-corrected chi connectivity index (χ0v) is 18.0. The minimum Gasteiger partial charge on any atom is -0.466 e. The van der Waals surface area contributed by atoms with Gasteiger partial charge in [-0.2, -0.15) is 13.2 Å². The van der Waals surface area contributed by atoms with Gasteiger partial charge in [-0.05, 0) is 54.9 Å². The number of benzene rings is 1. The zero-order valence-electron chi connectivity index (χ0n) is 18.0. The Bertz CT molecular complexity index is 746. The van der Waals surface area contributed by atoms with Crippen molar-refractivity contribution in [1.82, 2.24) is 0 Å².